The minimum atomic E-state index is 0.0551. The van der Waals surface area contributed by atoms with Crippen molar-refractivity contribution >= 4 is 16.8 Å². The maximum atomic E-state index is 13.3. The molecule has 0 bridgehead atoms. The Labute approximate surface area is 175 Å². The van der Waals surface area contributed by atoms with Crippen molar-refractivity contribution in [2.24, 2.45) is 0 Å². The number of carbonyl (C=O) groups is 1. The molecule has 3 heteroatoms. The summed E-state index contributed by atoms with van der Waals surface area (Å²) in [7, 11) is 0. The van der Waals surface area contributed by atoms with Crippen molar-refractivity contribution in [3.05, 3.63) is 70.9 Å². The zero-order valence-electron chi connectivity index (χ0n) is 18.3. The molecule has 0 aliphatic carbocycles. The van der Waals surface area contributed by atoms with Crippen LogP contribution >= 0.6 is 0 Å². The average Bonchev–Trinajstić information content (AvgIpc) is 3.15. The average molecular weight is 391 g/mol. The van der Waals surface area contributed by atoms with E-state index in [1.165, 1.54) is 33.2 Å². The Morgan fingerprint density at radius 2 is 1.76 bits per heavy atom. The Morgan fingerprint density at radius 1 is 1.03 bits per heavy atom. The van der Waals surface area contributed by atoms with Gasteiger partial charge in [-0.2, -0.15) is 0 Å². The summed E-state index contributed by atoms with van der Waals surface area (Å²) >= 11 is 0. The third kappa shape index (κ3) is 4.72. The number of aromatic nitrogens is 1. The molecular weight excluding hydrogens is 356 g/mol. The van der Waals surface area contributed by atoms with Gasteiger partial charge in [0.1, 0.15) is 0 Å². The molecule has 1 N–H and O–H groups in total. The highest BCUT2D eigenvalue weighted by Crippen LogP contribution is 2.35. The van der Waals surface area contributed by atoms with Crippen molar-refractivity contribution in [2.45, 2.75) is 59.3 Å². The van der Waals surface area contributed by atoms with Gasteiger partial charge in [0.15, 0.2) is 0 Å². The van der Waals surface area contributed by atoms with Crippen LogP contribution in [0.25, 0.3) is 10.9 Å². The summed E-state index contributed by atoms with van der Waals surface area (Å²) in [6.07, 6.45) is 5.61. The van der Waals surface area contributed by atoms with Crippen LogP contribution in [0.15, 0.2) is 48.7 Å². The van der Waals surface area contributed by atoms with Gasteiger partial charge < -0.3 is 9.88 Å². The number of hydrogen-bond acceptors (Lipinski definition) is 1. The predicted octanol–water partition coefficient (Wildman–Crippen LogP) is 6.21. The first kappa shape index (κ1) is 21.2. The minimum absolute atomic E-state index is 0.0551. The zero-order chi connectivity index (χ0) is 20.8. The van der Waals surface area contributed by atoms with Gasteiger partial charge in [-0.1, -0.05) is 68.8 Å². The molecule has 29 heavy (non-hydrogen) atoms. The van der Waals surface area contributed by atoms with E-state index in [2.05, 4.69) is 81.3 Å². The molecule has 3 rings (SSSR count). The van der Waals surface area contributed by atoms with Gasteiger partial charge in [0.2, 0.25) is 5.91 Å². The third-order valence-electron chi connectivity index (χ3n) is 5.75. The second-order valence-corrected chi connectivity index (χ2v) is 7.99. The second-order valence-electron chi connectivity index (χ2n) is 7.99. The number of hydrogen-bond donors (Lipinski definition) is 1. The molecule has 0 saturated carbocycles. The Hall–Kier alpha value is -2.55. The number of H-pyrrole nitrogens is 1. The van der Waals surface area contributed by atoms with Gasteiger partial charge in [-0.25, -0.2) is 0 Å². The number of nitrogens with one attached hydrogen (secondary N) is 1. The summed E-state index contributed by atoms with van der Waals surface area (Å²) in [6, 6.07) is 15.1. The topological polar surface area (TPSA) is 36.1 Å². The normalized spacial score (nSPS) is 12.3. The first-order valence-electron chi connectivity index (χ1n) is 11.0. The van der Waals surface area contributed by atoms with Crippen molar-refractivity contribution in [1.82, 2.24) is 9.88 Å². The number of fused-ring (bicyclic) bond motifs is 1. The third-order valence-corrected chi connectivity index (χ3v) is 5.75. The van der Waals surface area contributed by atoms with Gasteiger partial charge in [-0.05, 0) is 42.9 Å². The largest absolute Gasteiger partial charge is 0.361 e. The fraction of sp³-hybridized carbons (Fsp3) is 0.423. The molecule has 1 heterocycles. The second kappa shape index (κ2) is 9.78. The molecule has 1 aromatic heterocycles. The van der Waals surface area contributed by atoms with Crippen LogP contribution in [-0.4, -0.2) is 28.9 Å². The lowest BCUT2D eigenvalue weighted by atomic mass is 9.86. The fourth-order valence-corrected chi connectivity index (χ4v) is 4.32. The smallest absolute Gasteiger partial charge is 0.223 e. The summed E-state index contributed by atoms with van der Waals surface area (Å²) in [6.45, 7) is 10.2. The van der Waals surface area contributed by atoms with Gasteiger partial charge >= 0.3 is 0 Å². The van der Waals surface area contributed by atoms with Gasteiger partial charge in [0.25, 0.3) is 0 Å². The molecule has 1 amide bonds. The highest BCUT2D eigenvalue weighted by atomic mass is 16.2. The van der Waals surface area contributed by atoms with Crippen LogP contribution in [-0.2, 0) is 11.2 Å². The Bertz CT molecular complexity index is 950. The molecule has 1 unspecified atom stereocenters. The van der Waals surface area contributed by atoms with E-state index in [1.807, 2.05) is 4.90 Å². The molecule has 0 fully saturated rings. The van der Waals surface area contributed by atoms with Gasteiger partial charge in [-0.3, -0.25) is 4.79 Å². The lowest BCUT2D eigenvalue weighted by Gasteiger charge is -2.25. The maximum absolute atomic E-state index is 13.3. The van der Waals surface area contributed by atoms with Crippen LogP contribution in [0.2, 0.25) is 0 Å². The Kier molecular flexibility index (Phi) is 7.13. The van der Waals surface area contributed by atoms with Gasteiger partial charge in [0.05, 0.1) is 0 Å². The van der Waals surface area contributed by atoms with E-state index in [-0.39, 0.29) is 11.8 Å². The Morgan fingerprint density at radius 3 is 2.41 bits per heavy atom. The molecule has 0 saturated heterocycles. The molecule has 0 aliphatic rings. The number of amides is 1. The van der Waals surface area contributed by atoms with E-state index in [0.29, 0.717) is 6.42 Å². The van der Waals surface area contributed by atoms with E-state index in [1.54, 1.807) is 0 Å². The van der Waals surface area contributed by atoms with Crippen LogP contribution in [0, 0.1) is 6.92 Å². The minimum Gasteiger partial charge on any atom is -0.361 e. The van der Waals surface area contributed by atoms with Crippen molar-refractivity contribution < 1.29 is 4.79 Å². The predicted molar refractivity (Wildman–Crippen MR) is 122 cm³/mol. The quantitative estimate of drug-likeness (QED) is 0.463. The lowest BCUT2D eigenvalue weighted by molar-refractivity contribution is -0.131. The molecular formula is C26H34N2O. The number of aromatic amines is 1. The van der Waals surface area contributed by atoms with Crippen molar-refractivity contribution in [3.63, 3.8) is 0 Å². The van der Waals surface area contributed by atoms with E-state index >= 15 is 0 Å². The van der Waals surface area contributed by atoms with Crippen molar-refractivity contribution in [2.75, 3.05) is 13.1 Å². The Balaban J connectivity index is 2.04. The number of aryl methyl sites for hydroxylation is 2. The number of para-hydroxylation sites is 1. The summed E-state index contributed by atoms with van der Waals surface area (Å²) < 4.78 is 0. The molecule has 0 spiro atoms. The molecule has 3 aromatic rings. The van der Waals surface area contributed by atoms with Crippen LogP contribution in [0.4, 0.5) is 0 Å². The van der Waals surface area contributed by atoms with E-state index < -0.39 is 0 Å². The number of carbonyl (C=O) groups excluding carboxylic acids is 1. The fourth-order valence-electron chi connectivity index (χ4n) is 4.32. The monoisotopic (exact) mass is 390 g/mol. The SMILES string of the molecule is CCCN(CCC)C(=O)CC(c1cccc(C)c1)c1c[nH]c2c(CC)cccc12. The lowest BCUT2D eigenvalue weighted by Crippen LogP contribution is -2.33. The molecule has 2 aromatic carbocycles. The van der Waals surface area contributed by atoms with Crippen molar-refractivity contribution in [1.29, 1.82) is 0 Å². The molecule has 1 atom stereocenters. The summed E-state index contributed by atoms with van der Waals surface area (Å²) in [4.78, 5) is 18.8. The number of benzene rings is 2. The molecule has 0 aliphatic heterocycles. The molecule has 3 nitrogen and oxygen atoms in total. The highest BCUT2D eigenvalue weighted by Gasteiger charge is 2.24. The standard InChI is InChI=1S/C26H34N2O/c1-5-14-28(15-6-2)25(29)17-23(21-12-8-10-19(4)16-21)24-18-27-26-20(7-3)11-9-13-22(24)26/h8-13,16,18,23,27H,5-7,14-15,17H2,1-4H3. The van der Waals surface area contributed by atoms with Crippen LogP contribution < -0.4 is 0 Å². The number of rotatable bonds is 9. The summed E-state index contributed by atoms with van der Waals surface area (Å²) in [5.74, 6) is 0.306. The van der Waals surface area contributed by atoms with Crippen LogP contribution in [0.3, 0.4) is 0 Å². The van der Waals surface area contributed by atoms with Gasteiger partial charge in [-0.15, -0.1) is 0 Å². The first-order chi connectivity index (χ1) is 14.1. The van der Waals surface area contributed by atoms with Crippen LogP contribution in [0.5, 0.6) is 0 Å². The first-order valence-corrected chi connectivity index (χ1v) is 11.0. The maximum Gasteiger partial charge on any atom is 0.223 e. The van der Waals surface area contributed by atoms with E-state index in [0.717, 1.165) is 32.4 Å². The van der Waals surface area contributed by atoms with Gasteiger partial charge in [0, 0.05) is 42.5 Å². The van der Waals surface area contributed by atoms with Crippen molar-refractivity contribution in [3.8, 4) is 0 Å². The molecule has 154 valence electrons. The van der Waals surface area contributed by atoms with Crippen LogP contribution in [0.1, 0.15) is 68.2 Å². The summed E-state index contributed by atoms with van der Waals surface area (Å²) in [5, 5.41) is 1.24. The highest BCUT2D eigenvalue weighted by molar-refractivity contribution is 5.88. The van der Waals surface area contributed by atoms with E-state index in [9.17, 15) is 4.79 Å². The zero-order valence-corrected chi connectivity index (χ0v) is 18.3. The summed E-state index contributed by atoms with van der Waals surface area (Å²) in [5.41, 5.74) is 6.19. The van der Waals surface area contributed by atoms with E-state index in [4.69, 9.17) is 0 Å². The molecule has 0 radical (unpaired) electrons. The number of nitrogens with zero attached hydrogens (tertiary/aromatic N) is 1.